The molecule has 1 fully saturated rings. The van der Waals surface area contributed by atoms with Crippen molar-refractivity contribution in [2.75, 3.05) is 13.1 Å². The molecule has 0 radical (unpaired) electrons. The Morgan fingerprint density at radius 1 is 1.29 bits per heavy atom. The van der Waals surface area contributed by atoms with Gasteiger partial charge in [-0.05, 0) is 32.8 Å². The van der Waals surface area contributed by atoms with Crippen molar-refractivity contribution in [1.82, 2.24) is 9.80 Å². The summed E-state index contributed by atoms with van der Waals surface area (Å²) >= 11 is 0. The summed E-state index contributed by atoms with van der Waals surface area (Å²) < 4.78 is 5.37. The van der Waals surface area contributed by atoms with Crippen molar-refractivity contribution in [3.05, 3.63) is 35.9 Å². The number of amides is 2. The molecule has 6 heteroatoms. The molecule has 0 spiro atoms. The van der Waals surface area contributed by atoms with E-state index in [-0.39, 0.29) is 30.7 Å². The summed E-state index contributed by atoms with van der Waals surface area (Å²) in [6.07, 6.45) is 0.412. The van der Waals surface area contributed by atoms with Gasteiger partial charge in [-0.1, -0.05) is 30.3 Å². The fraction of sp³-hybridized carbons (Fsp3) is 0.556. The molecule has 2 unspecified atom stereocenters. The first-order valence-corrected chi connectivity index (χ1v) is 8.43. The summed E-state index contributed by atoms with van der Waals surface area (Å²) in [4.78, 5) is 28.0. The monoisotopic (exact) mass is 333 g/mol. The zero-order valence-corrected chi connectivity index (χ0v) is 14.6. The maximum absolute atomic E-state index is 12.3. The summed E-state index contributed by atoms with van der Waals surface area (Å²) in [7, 11) is 0. The Bertz CT molecular complexity index is 560. The van der Waals surface area contributed by atoms with E-state index in [4.69, 9.17) is 10.5 Å². The van der Waals surface area contributed by atoms with E-state index >= 15 is 0 Å². The van der Waals surface area contributed by atoms with Gasteiger partial charge in [-0.15, -0.1) is 0 Å². The number of benzene rings is 1. The van der Waals surface area contributed by atoms with Gasteiger partial charge in [-0.25, -0.2) is 4.79 Å². The third kappa shape index (κ3) is 4.47. The molecular formula is C18H27N3O3. The molecule has 1 aromatic carbocycles. The average molecular weight is 333 g/mol. The van der Waals surface area contributed by atoms with Crippen LogP contribution < -0.4 is 5.73 Å². The molecule has 132 valence electrons. The van der Waals surface area contributed by atoms with E-state index in [9.17, 15) is 9.59 Å². The Hall–Kier alpha value is -2.08. The van der Waals surface area contributed by atoms with Crippen LogP contribution in [0.1, 0.15) is 32.8 Å². The lowest BCUT2D eigenvalue weighted by Gasteiger charge is -2.34. The molecule has 1 saturated heterocycles. The number of ether oxygens (including phenoxy) is 1. The molecule has 2 amide bonds. The Balaban J connectivity index is 1.91. The van der Waals surface area contributed by atoms with E-state index in [1.807, 2.05) is 44.2 Å². The molecule has 2 N–H and O–H groups in total. The highest BCUT2D eigenvalue weighted by atomic mass is 16.6. The molecule has 1 aliphatic heterocycles. The van der Waals surface area contributed by atoms with Gasteiger partial charge in [0.15, 0.2) is 0 Å². The fourth-order valence-electron chi connectivity index (χ4n) is 3.04. The van der Waals surface area contributed by atoms with Gasteiger partial charge in [0.25, 0.3) is 0 Å². The highest BCUT2D eigenvalue weighted by Crippen LogP contribution is 2.20. The highest BCUT2D eigenvalue weighted by Gasteiger charge is 2.35. The zero-order valence-electron chi connectivity index (χ0n) is 14.6. The standard InChI is InChI=1S/C18H27N3O3/c1-13(2)21(17(22)14(3)19)16-9-10-20(11-16)18(23)24-12-15-7-5-4-6-8-15/h4-8,13-14,16H,9-12,19H2,1-3H3. The molecule has 2 atom stereocenters. The number of nitrogens with two attached hydrogens (primary N) is 1. The lowest BCUT2D eigenvalue weighted by atomic mass is 10.1. The molecule has 1 aliphatic rings. The van der Waals surface area contributed by atoms with E-state index in [0.29, 0.717) is 13.1 Å². The average Bonchev–Trinajstić information content (AvgIpc) is 3.02. The van der Waals surface area contributed by atoms with Crippen LogP contribution in [0.15, 0.2) is 30.3 Å². The van der Waals surface area contributed by atoms with Crippen LogP contribution in [0.3, 0.4) is 0 Å². The van der Waals surface area contributed by atoms with Crippen LogP contribution in [-0.4, -0.2) is 53.0 Å². The molecular weight excluding hydrogens is 306 g/mol. The van der Waals surface area contributed by atoms with Gasteiger partial charge in [-0.2, -0.15) is 0 Å². The molecule has 0 aromatic heterocycles. The van der Waals surface area contributed by atoms with Crippen molar-refractivity contribution in [3.63, 3.8) is 0 Å². The number of likely N-dealkylation sites (tertiary alicyclic amines) is 1. The van der Waals surface area contributed by atoms with Gasteiger partial charge >= 0.3 is 6.09 Å². The quantitative estimate of drug-likeness (QED) is 0.894. The number of carbonyl (C=O) groups is 2. The minimum atomic E-state index is -0.536. The van der Waals surface area contributed by atoms with Gasteiger partial charge in [0.2, 0.25) is 5.91 Å². The Labute approximate surface area is 143 Å². The van der Waals surface area contributed by atoms with Gasteiger partial charge in [-0.3, -0.25) is 4.79 Å². The van der Waals surface area contributed by atoms with Gasteiger partial charge in [0.05, 0.1) is 12.1 Å². The number of hydrogen-bond acceptors (Lipinski definition) is 4. The molecule has 0 aliphatic carbocycles. The smallest absolute Gasteiger partial charge is 0.410 e. The van der Waals surface area contributed by atoms with Crippen molar-refractivity contribution < 1.29 is 14.3 Å². The molecule has 1 aromatic rings. The lowest BCUT2D eigenvalue weighted by Crippen LogP contribution is -2.52. The third-order valence-electron chi connectivity index (χ3n) is 4.22. The maximum atomic E-state index is 12.3. The molecule has 0 saturated carbocycles. The first-order valence-electron chi connectivity index (χ1n) is 8.43. The summed E-state index contributed by atoms with van der Waals surface area (Å²) in [5.41, 5.74) is 6.71. The number of rotatable bonds is 5. The largest absolute Gasteiger partial charge is 0.445 e. The fourth-order valence-corrected chi connectivity index (χ4v) is 3.04. The third-order valence-corrected chi connectivity index (χ3v) is 4.22. The van der Waals surface area contributed by atoms with Crippen LogP contribution in [0.5, 0.6) is 0 Å². The van der Waals surface area contributed by atoms with Gasteiger partial charge in [0, 0.05) is 19.1 Å². The Morgan fingerprint density at radius 3 is 2.54 bits per heavy atom. The van der Waals surface area contributed by atoms with Crippen molar-refractivity contribution in [2.45, 2.75) is 51.9 Å². The van der Waals surface area contributed by atoms with Gasteiger partial charge < -0.3 is 20.3 Å². The van der Waals surface area contributed by atoms with Crippen LogP contribution in [0, 0.1) is 0 Å². The Kier molecular flexibility index (Phi) is 6.20. The number of carbonyl (C=O) groups excluding carboxylic acids is 2. The predicted octanol–water partition coefficient (Wildman–Crippen LogP) is 1.98. The van der Waals surface area contributed by atoms with E-state index in [1.54, 1.807) is 16.7 Å². The van der Waals surface area contributed by atoms with Crippen LogP contribution in [0.2, 0.25) is 0 Å². The molecule has 24 heavy (non-hydrogen) atoms. The SMILES string of the molecule is CC(N)C(=O)N(C(C)C)C1CCN(C(=O)OCc2ccccc2)C1. The van der Waals surface area contributed by atoms with E-state index < -0.39 is 6.04 Å². The van der Waals surface area contributed by atoms with Gasteiger partial charge in [0.1, 0.15) is 6.61 Å². The second-order valence-corrected chi connectivity index (χ2v) is 6.56. The molecule has 1 heterocycles. The minimum absolute atomic E-state index is 0.00669. The second-order valence-electron chi connectivity index (χ2n) is 6.56. The zero-order chi connectivity index (χ0) is 17.7. The van der Waals surface area contributed by atoms with Crippen molar-refractivity contribution in [1.29, 1.82) is 0 Å². The van der Waals surface area contributed by atoms with Crippen LogP contribution in [-0.2, 0) is 16.1 Å². The van der Waals surface area contributed by atoms with E-state index in [2.05, 4.69) is 0 Å². The maximum Gasteiger partial charge on any atom is 0.410 e. The summed E-state index contributed by atoms with van der Waals surface area (Å²) in [5, 5.41) is 0. The number of nitrogens with zero attached hydrogens (tertiary/aromatic N) is 2. The van der Waals surface area contributed by atoms with Crippen molar-refractivity contribution in [2.24, 2.45) is 5.73 Å². The van der Waals surface area contributed by atoms with E-state index in [1.165, 1.54) is 0 Å². The molecule has 2 rings (SSSR count). The summed E-state index contributed by atoms with van der Waals surface area (Å²) in [5.74, 6) is -0.0745. The van der Waals surface area contributed by atoms with Crippen molar-refractivity contribution >= 4 is 12.0 Å². The van der Waals surface area contributed by atoms with Crippen LogP contribution >= 0.6 is 0 Å². The van der Waals surface area contributed by atoms with Crippen LogP contribution in [0.4, 0.5) is 4.79 Å². The van der Waals surface area contributed by atoms with Crippen LogP contribution in [0.25, 0.3) is 0 Å². The number of hydrogen-bond donors (Lipinski definition) is 1. The summed E-state index contributed by atoms with van der Waals surface area (Å²) in [6, 6.07) is 9.09. The first kappa shape index (κ1) is 18.3. The summed E-state index contributed by atoms with van der Waals surface area (Å²) in [6.45, 7) is 6.97. The highest BCUT2D eigenvalue weighted by molar-refractivity contribution is 5.82. The second kappa shape index (κ2) is 8.15. The normalized spacial score (nSPS) is 18.5. The Morgan fingerprint density at radius 2 is 1.96 bits per heavy atom. The topological polar surface area (TPSA) is 75.9 Å². The molecule has 6 nitrogen and oxygen atoms in total. The minimum Gasteiger partial charge on any atom is -0.445 e. The molecule has 0 bridgehead atoms. The van der Waals surface area contributed by atoms with Crippen molar-refractivity contribution in [3.8, 4) is 0 Å². The van der Waals surface area contributed by atoms with E-state index in [0.717, 1.165) is 12.0 Å². The first-order chi connectivity index (χ1) is 11.4. The lowest BCUT2D eigenvalue weighted by molar-refractivity contribution is -0.136. The predicted molar refractivity (Wildman–Crippen MR) is 92.2 cm³/mol.